The predicted octanol–water partition coefficient (Wildman–Crippen LogP) is 4.41. The van der Waals surface area contributed by atoms with Crippen LogP contribution in [0, 0.1) is 0 Å². The van der Waals surface area contributed by atoms with Gasteiger partial charge in [0.25, 0.3) is 0 Å². The van der Waals surface area contributed by atoms with Crippen LogP contribution in [0.4, 0.5) is 0 Å². The minimum Gasteiger partial charge on any atom is -0.491 e. The van der Waals surface area contributed by atoms with Crippen LogP contribution in [0.3, 0.4) is 0 Å². The van der Waals surface area contributed by atoms with Gasteiger partial charge < -0.3 is 20.1 Å². The molecule has 0 bridgehead atoms. The summed E-state index contributed by atoms with van der Waals surface area (Å²) in [5.41, 5.74) is 5.05. The number of halogens is 1. The van der Waals surface area contributed by atoms with Gasteiger partial charge in [-0.25, -0.2) is 0 Å². The monoisotopic (exact) mass is 424 g/mol. The Morgan fingerprint density at radius 3 is 1.97 bits per heavy atom. The highest BCUT2D eigenvalue weighted by atomic mass is 35.5. The van der Waals surface area contributed by atoms with Crippen LogP contribution in [0.2, 0.25) is 5.02 Å². The van der Waals surface area contributed by atoms with E-state index in [1.54, 1.807) is 0 Å². The van der Waals surface area contributed by atoms with Crippen molar-refractivity contribution in [2.75, 3.05) is 19.8 Å². The summed E-state index contributed by atoms with van der Waals surface area (Å²) >= 11 is 6.10. The molecule has 0 saturated carbocycles. The normalized spacial score (nSPS) is 12.9. The molecule has 0 saturated heterocycles. The van der Waals surface area contributed by atoms with E-state index in [-0.39, 0.29) is 19.8 Å². The second-order valence-electron chi connectivity index (χ2n) is 6.87. The summed E-state index contributed by atoms with van der Waals surface area (Å²) in [6.45, 7) is -0.291. The molecule has 5 heteroatoms. The van der Waals surface area contributed by atoms with E-state index in [4.69, 9.17) is 21.4 Å². The molecule has 0 aromatic heterocycles. The maximum atomic E-state index is 9.75. The van der Waals surface area contributed by atoms with Gasteiger partial charge >= 0.3 is 0 Å². The molecule has 4 nitrogen and oxygen atoms in total. The Kier molecular flexibility index (Phi) is 8.05. The molecule has 0 aliphatic heterocycles. The van der Waals surface area contributed by atoms with E-state index >= 15 is 0 Å². The maximum absolute atomic E-state index is 9.75. The van der Waals surface area contributed by atoms with Crippen LogP contribution in [-0.2, 0) is 0 Å². The number of ether oxygens (including phenoxy) is 1. The van der Waals surface area contributed by atoms with Gasteiger partial charge in [0.2, 0.25) is 0 Å². The molecule has 3 aromatic carbocycles. The van der Waals surface area contributed by atoms with E-state index in [0.29, 0.717) is 17.2 Å². The molecule has 1 unspecified atom stereocenters. The van der Waals surface area contributed by atoms with E-state index in [1.165, 1.54) is 0 Å². The highest BCUT2D eigenvalue weighted by Gasteiger charge is 2.14. The summed E-state index contributed by atoms with van der Waals surface area (Å²) in [7, 11) is 0. The fourth-order valence-corrected chi connectivity index (χ4v) is 3.39. The molecule has 0 aliphatic carbocycles. The molecule has 30 heavy (non-hydrogen) atoms. The lowest BCUT2D eigenvalue weighted by atomic mass is 9.88. The molecule has 1 atom stereocenters. The number of benzene rings is 3. The summed E-state index contributed by atoms with van der Waals surface area (Å²) in [4.78, 5) is 0. The first-order valence-corrected chi connectivity index (χ1v) is 10.2. The van der Waals surface area contributed by atoms with Gasteiger partial charge in [-0.1, -0.05) is 66.2 Å². The molecule has 0 fully saturated rings. The molecule has 0 spiro atoms. The van der Waals surface area contributed by atoms with Gasteiger partial charge in [-0.3, -0.25) is 0 Å². The second-order valence-corrected chi connectivity index (χ2v) is 7.31. The summed E-state index contributed by atoms with van der Waals surface area (Å²) < 4.78 is 5.52. The highest BCUT2D eigenvalue weighted by Crippen LogP contribution is 2.35. The Morgan fingerprint density at radius 1 is 0.800 bits per heavy atom. The third-order valence-corrected chi connectivity index (χ3v) is 4.97. The number of aliphatic hydroxyl groups excluding tert-OH is 3. The van der Waals surface area contributed by atoms with E-state index in [9.17, 15) is 10.2 Å². The molecule has 3 N–H and O–H groups in total. The van der Waals surface area contributed by atoms with Gasteiger partial charge in [-0.05, 0) is 58.5 Å². The van der Waals surface area contributed by atoms with Crippen molar-refractivity contribution >= 4 is 22.7 Å². The van der Waals surface area contributed by atoms with Crippen LogP contribution in [0.1, 0.15) is 23.1 Å². The molecule has 3 aromatic rings. The van der Waals surface area contributed by atoms with Crippen molar-refractivity contribution in [3.05, 3.63) is 101 Å². The lowest BCUT2D eigenvalue weighted by Crippen LogP contribution is -2.21. The molecule has 0 radical (unpaired) electrons. The summed E-state index contributed by atoms with van der Waals surface area (Å²) in [5, 5.41) is 28.8. The second kappa shape index (κ2) is 11.0. The van der Waals surface area contributed by atoms with Crippen molar-refractivity contribution in [3.8, 4) is 5.75 Å². The van der Waals surface area contributed by atoms with Crippen molar-refractivity contribution < 1.29 is 20.1 Å². The summed E-state index contributed by atoms with van der Waals surface area (Å²) in [6.07, 6.45) is -0.411. The summed E-state index contributed by atoms with van der Waals surface area (Å²) in [6, 6.07) is 25.2. The highest BCUT2D eigenvalue weighted by molar-refractivity contribution is 6.30. The molecular weight excluding hydrogens is 400 g/mol. The Bertz CT molecular complexity index is 951. The minimum absolute atomic E-state index is 0.0233. The first-order valence-electron chi connectivity index (χ1n) is 9.80. The maximum Gasteiger partial charge on any atom is 0.119 e. The van der Waals surface area contributed by atoms with Gasteiger partial charge in [-0.2, -0.15) is 0 Å². The number of aliphatic hydroxyl groups is 3. The van der Waals surface area contributed by atoms with Crippen LogP contribution >= 0.6 is 11.6 Å². The Hall–Kier alpha value is -2.63. The fourth-order valence-electron chi connectivity index (χ4n) is 3.26. The van der Waals surface area contributed by atoms with Crippen molar-refractivity contribution in [1.82, 2.24) is 0 Å². The molecule has 0 heterocycles. The smallest absolute Gasteiger partial charge is 0.119 e. The van der Waals surface area contributed by atoms with Crippen molar-refractivity contribution in [2.45, 2.75) is 12.5 Å². The van der Waals surface area contributed by atoms with Gasteiger partial charge in [-0.15, -0.1) is 0 Å². The van der Waals surface area contributed by atoms with E-state index in [0.717, 1.165) is 27.8 Å². The molecule has 3 rings (SSSR count). The van der Waals surface area contributed by atoms with Crippen molar-refractivity contribution in [3.63, 3.8) is 0 Å². The largest absolute Gasteiger partial charge is 0.491 e. The van der Waals surface area contributed by atoms with Crippen molar-refractivity contribution in [2.24, 2.45) is 0 Å². The number of rotatable bonds is 9. The van der Waals surface area contributed by atoms with Crippen LogP contribution in [0.15, 0.2) is 78.9 Å². The Balaban J connectivity index is 2.06. The van der Waals surface area contributed by atoms with Crippen LogP contribution in [0.5, 0.6) is 5.75 Å². The van der Waals surface area contributed by atoms with Gasteiger partial charge in [0.15, 0.2) is 0 Å². The van der Waals surface area contributed by atoms with E-state index < -0.39 is 6.10 Å². The third-order valence-electron chi connectivity index (χ3n) is 4.71. The van der Waals surface area contributed by atoms with Gasteiger partial charge in [0.05, 0.1) is 6.61 Å². The first-order chi connectivity index (χ1) is 14.6. The SMILES string of the molecule is OCC/C(=C(/c1ccc(Cl)cc1)c1ccc(OCC(O)CO)cc1)c1ccccc1. The molecule has 0 amide bonds. The van der Waals surface area contributed by atoms with E-state index in [2.05, 4.69) is 0 Å². The van der Waals surface area contributed by atoms with E-state index in [1.807, 2.05) is 78.9 Å². The minimum atomic E-state index is -0.913. The Labute approximate surface area is 181 Å². The topological polar surface area (TPSA) is 69.9 Å². The van der Waals surface area contributed by atoms with Crippen LogP contribution in [0.25, 0.3) is 11.1 Å². The molecule has 0 aliphatic rings. The number of hydrogen-bond donors (Lipinski definition) is 3. The zero-order valence-corrected chi connectivity index (χ0v) is 17.3. The van der Waals surface area contributed by atoms with Gasteiger partial charge in [0, 0.05) is 11.6 Å². The predicted molar refractivity (Wildman–Crippen MR) is 121 cm³/mol. The fraction of sp³-hybridized carbons (Fsp3) is 0.200. The lowest BCUT2D eigenvalue weighted by Gasteiger charge is -2.17. The quantitative estimate of drug-likeness (QED) is 0.445. The summed E-state index contributed by atoms with van der Waals surface area (Å²) in [5.74, 6) is 0.602. The van der Waals surface area contributed by atoms with Gasteiger partial charge in [0.1, 0.15) is 18.5 Å². The number of hydrogen-bond acceptors (Lipinski definition) is 4. The third kappa shape index (κ3) is 5.71. The molecular formula is C25H25ClO4. The van der Waals surface area contributed by atoms with Crippen LogP contribution < -0.4 is 4.74 Å². The Morgan fingerprint density at radius 2 is 1.40 bits per heavy atom. The standard InChI is InChI=1S/C25H25ClO4/c26-21-10-6-19(7-11-21)25(24(14-15-27)18-4-2-1-3-5-18)20-8-12-23(13-9-20)30-17-22(29)16-28/h1-13,22,27-29H,14-17H2/b25-24+. The van der Waals surface area contributed by atoms with Crippen LogP contribution in [-0.4, -0.2) is 41.2 Å². The average molecular weight is 425 g/mol. The zero-order valence-electron chi connectivity index (χ0n) is 16.5. The first kappa shape index (κ1) is 22.1. The zero-order chi connectivity index (χ0) is 21.3. The van der Waals surface area contributed by atoms with Crippen molar-refractivity contribution in [1.29, 1.82) is 0 Å². The molecule has 156 valence electrons. The average Bonchev–Trinajstić information content (AvgIpc) is 2.79. The lowest BCUT2D eigenvalue weighted by molar-refractivity contribution is 0.0536.